The van der Waals surface area contributed by atoms with Crippen LogP contribution in [0.25, 0.3) is 0 Å². The lowest BCUT2D eigenvalue weighted by atomic mass is 9.97. The average Bonchev–Trinajstić information content (AvgIpc) is 2.53. The Bertz CT molecular complexity index is 553. The molecule has 0 aliphatic carbocycles. The zero-order valence-corrected chi connectivity index (χ0v) is 12.5. The molecule has 1 N–H and O–H groups in total. The molecule has 22 heavy (non-hydrogen) atoms. The van der Waals surface area contributed by atoms with Crippen molar-refractivity contribution in [2.75, 3.05) is 26.3 Å². The van der Waals surface area contributed by atoms with E-state index in [9.17, 15) is 20.0 Å². The van der Waals surface area contributed by atoms with Crippen molar-refractivity contribution < 1.29 is 19.6 Å². The molecule has 1 aliphatic rings. The van der Waals surface area contributed by atoms with E-state index in [-0.39, 0.29) is 11.5 Å². The first-order chi connectivity index (χ1) is 10.5. The maximum atomic E-state index is 12.4. The second-order valence-electron chi connectivity index (χ2n) is 5.36. The molecule has 1 heterocycles. The summed E-state index contributed by atoms with van der Waals surface area (Å²) in [5.41, 5.74) is -0.218. The first-order valence-electron chi connectivity index (χ1n) is 7.37. The molecule has 1 fully saturated rings. The van der Waals surface area contributed by atoms with Crippen LogP contribution in [-0.2, 0) is 4.74 Å². The Morgan fingerprint density at radius 2 is 2.14 bits per heavy atom. The van der Waals surface area contributed by atoms with Crippen LogP contribution >= 0.6 is 0 Å². The van der Waals surface area contributed by atoms with Gasteiger partial charge in [0.15, 0.2) is 5.75 Å². The van der Waals surface area contributed by atoms with Crippen molar-refractivity contribution in [3.8, 4) is 5.75 Å². The third-order valence-electron chi connectivity index (χ3n) is 3.88. The molecule has 1 saturated heterocycles. The summed E-state index contributed by atoms with van der Waals surface area (Å²) in [6.45, 7) is 4.59. The molecule has 1 aliphatic heterocycles. The van der Waals surface area contributed by atoms with Crippen LogP contribution < -0.4 is 0 Å². The number of phenols is 1. The summed E-state index contributed by atoms with van der Waals surface area (Å²) in [5.74, 6) is -0.215. The fraction of sp³-hybridized carbons (Fsp3) is 0.533. The van der Waals surface area contributed by atoms with Crippen molar-refractivity contribution in [3.05, 3.63) is 33.9 Å². The van der Waals surface area contributed by atoms with Crippen molar-refractivity contribution in [1.82, 2.24) is 4.90 Å². The summed E-state index contributed by atoms with van der Waals surface area (Å²) < 4.78 is 5.40. The molecule has 7 nitrogen and oxygen atoms in total. The molecule has 0 unspecified atom stereocenters. The van der Waals surface area contributed by atoms with Crippen LogP contribution in [0.3, 0.4) is 0 Å². The minimum Gasteiger partial charge on any atom is -0.502 e. The highest BCUT2D eigenvalue weighted by Gasteiger charge is 2.25. The number of carbonyl (C=O) groups excluding carboxylic acids is 1. The lowest BCUT2D eigenvalue weighted by Crippen LogP contribution is -2.39. The van der Waals surface area contributed by atoms with Crippen LogP contribution in [0.5, 0.6) is 5.75 Å². The van der Waals surface area contributed by atoms with Crippen LogP contribution in [0.1, 0.15) is 30.1 Å². The van der Waals surface area contributed by atoms with Gasteiger partial charge in [-0.3, -0.25) is 14.9 Å². The summed E-state index contributed by atoms with van der Waals surface area (Å²) in [5, 5.41) is 20.3. The molecule has 7 heteroatoms. The number of nitro groups is 1. The van der Waals surface area contributed by atoms with Crippen molar-refractivity contribution in [3.63, 3.8) is 0 Å². The smallest absolute Gasteiger partial charge is 0.311 e. The molecular formula is C15H20N2O5. The van der Waals surface area contributed by atoms with Gasteiger partial charge in [-0.1, -0.05) is 0 Å². The third kappa shape index (κ3) is 3.73. The molecule has 0 atom stereocenters. The van der Waals surface area contributed by atoms with Crippen LogP contribution in [-0.4, -0.2) is 47.1 Å². The summed E-state index contributed by atoms with van der Waals surface area (Å²) in [6, 6.07) is 3.73. The summed E-state index contributed by atoms with van der Waals surface area (Å²) >= 11 is 0. The number of ether oxygens (including phenoxy) is 1. The van der Waals surface area contributed by atoms with Crippen LogP contribution in [0.15, 0.2) is 18.2 Å². The predicted octanol–water partition coefficient (Wildman–Crippen LogP) is 2.19. The van der Waals surface area contributed by atoms with E-state index in [4.69, 9.17) is 4.74 Å². The van der Waals surface area contributed by atoms with Gasteiger partial charge in [0.05, 0.1) is 4.92 Å². The van der Waals surface area contributed by atoms with E-state index in [1.54, 1.807) is 4.90 Å². The van der Waals surface area contributed by atoms with E-state index < -0.39 is 16.4 Å². The van der Waals surface area contributed by atoms with Crippen LogP contribution in [0.4, 0.5) is 5.69 Å². The normalized spacial score (nSPS) is 15.8. The summed E-state index contributed by atoms with van der Waals surface area (Å²) in [7, 11) is 0. The predicted molar refractivity (Wildman–Crippen MR) is 79.9 cm³/mol. The second-order valence-corrected chi connectivity index (χ2v) is 5.36. The first-order valence-corrected chi connectivity index (χ1v) is 7.37. The Balaban J connectivity index is 2.01. The maximum absolute atomic E-state index is 12.4. The number of amides is 1. The fourth-order valence-corrected chi connectivity index (χ4v) is 2.57. The largest absolute Gasteiger partial charge is 0.502 e. The minimum absolute atomic E-state index is 0.229. The van der Waals surface area contributed by atoms with Crippen molar-refractivity contribution in [1.29, 1.82) is 0 Å². The molecule has 120 valence electrons. The number of benzene rings is 1. The van der Waals surface area contributed by atoms with E-state index in [2.05, 4.69) is 0 Å². The standard InChI is InChI=1S/C15H20N2O5/c1-2-22-10-11-5-7-16(8-6-11)15(19)12-3-4-14(18)13(9-12)17(20)21/h3-4,9,11,18H,2,5-8,10H2,1H3. The number of carbonyl (C=O) groups is 1. The van der Waals surface area contributed by atoms with Gasteiger partial charge in [0.25, 0.3) is 5.91 Å². The lowest BCUT2D eigenvalue weighted by Gasteiger charge is -2.31. The topological polar surface area (TPSA) is 92.9 Å². The van der Waals surface area contributed by atoms with Gasteiger partial charge in [-0.15, -0.1) is 0 Å². The third-order valence-corrected chi connectivity index (χ3v) is 3.88. The zero-order chi connectivity index (χ0) is 16.1. The molecule has 0 bridgehead atoms. The average molecular weight is 308 g/mol. The second kappa shape index (κ2) is 7.22. The highest BCUT2D eigenvalue weighted by molar-refractivity contribution is 5.95. The molecule has 0 saturated carbocycles. The number of likely N-dealkylation sites (tertiary alicyclic amines) is 1. The van der Waals surface area contributed by atoms with E-state index >= 15 is 0 Å². The van der Waals surface area contributed by atoms with Crippen molar-refractivity contribution >= 4 is 11.6 Å². The van der Waals surface area contributed by atoms with E-state index in [0.29, 0.717) is 32.2 Å². The van der Waals surface area contributed by atoms with Gasteiger partial charge in [0.1, 0.15) is 0 Å². The van der Waals surface area contributed by atoms with E-state index in [0.717, 1.165) is 18.9 Å². The Labute approximate surface area is 128 Å². The highest BCUT2D eigenvalue weighted by Crippen LogP contribution is 2.27. The molecule has 0 aromatic heterocycles. The molecule has 2 rings (SSSR count). The molecule has 1 aromatic rings. The highest BCUT2D eigenvalue weighted by atomic mass is 16.6. The Kier molecular flexibility index (Phi) is 5.32. The zero-order valence-electron chi connectivity index (χ0n) is 12.5. The summed E-state index contributed by atoms with van der Waals surface area (Å²) in [6.07, 6.45) is 1.73. The number of nitro benzene ring substituents is 1. The van der Waals surface area contributed by atoms with Crippen molar-refractivity contribution in [2.24, 2.45) is 5.92 Å². The van der Waals surface area contributed by atoms with Gasteiger partial charge in [-0.25, -0.2) is 0 Å². The summed E-state index contributed by atoms with van der Waals surface area (Å²) in [4.78, 5) is 24.2. The molecule has 0 radical (unpaired) electrons. The molecular weight excluding hydrogens is 288 g/mol. The number of phenolic OH excluding ortho intramolecular Hbond substituents is 1. The Hall–Kier alpha value is -2.15. The molecule has 0 spiro atoms. The minimum atomic E-state index is -0.694. The SMILES string of the molecule is CCOCC1CCN(C(=O)c2ccc(O)c([N+](=O)[O-])c2)CC1. The van der Waals surface area contributed by atoms with E-state index in [1.165, 1.54) is 12.1 Å². The Morgan fingerprint density at radius 3 is 2.73 bits per heavy atom. The maximum Gasteiger partial charge on any atom is 0.311 e. The van der Waals surface area contributed by atoms with Crippen LogP contribution in [0, 0.1) is 16.0 Å². The number of hydrogen-bond donors (Lipinski definition) is 1. The number of piperidine rings is 1. The Morgan fingerprint density at radius 1 is 1.45 bits per heavy atom. The number of hydrogen-bond acceptors (Lipinski definition) is 5. The van der Waals surface area contributed by atoms with Gasteiger partial charge in [-0.2, -0.15) is 0 Å². The fourth-order valence-electron chi connectivity index (χ4n) is 2.57. The van der Waals surface area contributed by atoms with Crippen LogP contribution in [0.2, 0.25) is 0 Å². The first kappa shape index (κ1) is 16.2. The molecule has 1 aromatic carbocycles. The number of aromatic hydroxyl groups is 1. The van der Waals surface area contributed by atoms with Crippen molar-refractivity contribution in [2.45, 2.75) is 19.8 Å². The monoisotopic (exact) mass is 308 g/mol. The van der Waals surface area contributed by atoms with Gasteiger partial charge >= 0.3 is 5.69 Å². The number of rotatable bonds is 5. The quantitative estimate of drug-likeness (QED) is 0.665. The van der Waals surface area contributed by atoms with Gasteiger partial charge in [-0.05, 0) is 37.8 Å². The number of nitrogens with zero attached hydrogens (tertiary/aromatic N) is 2. The molecule has 1 amide bonds. The van der Waals surface area contributed by atoms with E-state index in [1.807, 2.05) is 6.92 Å². The lowest BCUT2D eigenvalue weighted by molar-refractivity contribution is -0.385. The van der Waals surface area contributed by atoms with Gasteiger partial charge < -0.3 is 14.7 Å². The van der Waals surface area contributed by atoms with Gasteiger partial charge in [0.2, 0.25) is 0 Å². The van der Waals surface area contributed by atoms with Gasteiger partial charge in [0, 0.05) is 37.9 Å².